The third kappa shape index (κ3) is 2.67. The summed E-state index contributed by atoms with van der Waals surface area (Å²) in [4.78, 5) is 5.21. The van der Waals surface area contributed by atoms with Gasteiger partial charge in [-0.3, -0.25) is 0 Å². The molecule has 0 saturated carbocycles. The van der Waals surface area contributed by atoms with Crippen LogP contribution in [0.5, 0.6) is 0 Å². The molecule has 0 aliphatic carbocycles. The van der Waals surface area contributed by atoms with Gasteiger partial charge in [-0.05, 0) is 34.6 Å². The molecule has 10 heavy (non-hydrogen) atoms. The van der Waals surface area contributed by atoms with E-state index in [1.54, 1.807) is 7.11 Å². The zero-order valence-corrected chi connectivity index (χ0v) is 7.93. The van der Waals surface area contributed by atoms with Gasteiger partial charge in [-0.1, -0.05) is 0 Å². The third-order valence-electron chi connectivity index (χ3n) is 1.33. The van der Waals surface area contributed by atoms with E-state index in [0.29, 0.717) is 6.04 Å². The largest absolute Gasteiger partial charge is 0.302 e. The zero-order valence-electron chi connectivity index (χ0n) is 7.93. The van der Waals surface area contributed by atoms with Gasteiger partial charge in [0.25, 0.3) is 0 Å². The van der Waals surface area contributed by atoms with Crippen molar-refractivity contribution in [3.05, 3.63) is 0 Å². The van der Waals surface area contributed by atoms with Gasteiger partial charge in [-0.25, -0.2) is 0 Å². The molecule has 0 aliphatic rings. The van der Waals surface area contributed by atoms with Crippen LogP contribution in [0.15, 0.2) is 0 Å². The molecule has 0 bridgehead atoms. The summed E-state index contributed by atoms with van der Waals surface area (Å²) in [6.45, 7) is 10.6. The van der Waals surface area contributed by atoms with E-state index < -0.39 is 0 Å². The molecule has 62 valence electrons. The van der Waals surface area contributed by atoms with Gasteiger partial charge in [0, 0.05) is 11.6 Å². The summed E-state index contributed by atoms with van der Waals surface area (Å²) in [5, 5.41) is 1.98. The van der Waals surface area contributed by atoms with Crippen molar-refractivity contribution < 1.29 is 4.84 Å². The fraction of sp³-hybridized carbons (Fsp3) is 1.00. The van der Waals surface area contributed by atoms with Crippen LogP contribution in [0.2, 0.25) is 0 Å². The summed E-state index contributed by atoms with van der Waals surface area (Å²) >= 11 is 0. The molecule has 0 aliphatic heterocycles. The zero-order chi connectivity index (χ0) is 8.36. The van der Waals surface area contributed by atoms with E-state index in [1.807, 2.05) is 5.06 Å². The van der Waals surface area contributed by atoms with Crippen molar-refractivity contribution in [1.29, 1.82) is 0 Å². The van der Waals surface area contributed by atoms with Crippen LogP contribution in [0.1, 0.15) is 34.6 Å². The molecule has 0 aromatic heterocycles. The summed E-state index contributed by atoms with van der Waals surface area (Å²) in [6.07, 6.45) is 0. The first kappa shape index (κ1) is 9.92. The highest BCUT2D eigenvalue weighted by Gasteiger charge is 2.23. The number of hydrogen-bond donors (Lipinski definition) is 0. The standard InChI is InChI=1S/C8H19NO/c1-7(2)9(10-6)8(3,4)5/h7H,1-6H3. The molecular weight excluding hydrogens is 126 g/mol. The van der Waals surface area contributed by atoms with E-state index in [1.165, 1.54) is 0 Å². The highest BCUT2D eigenvalue weighted by molar-refractivity contribution is 4.71. The molecule has 0 heterocycles. The van der Waals surface area contributed by atoms with Gasteiger partial charge in [0.2, 0.25) is 0 Å². The van der Waals surface area contributed by atoms with Gasteiger partial charge >= 0.3 is 0 Å². The van der Waals surface area contributed by atoms with Crippen LogP contribution in [0.4, 0.5) is 0 Å². The van der Waals surface area contributed by atoms with Gasteiger partial charge < -0.3 is 4.84 Å². The van der Waals surface area contributed by atoms with Gasteiger partial charge in [-0.15, -0.1) is 0 Å². The van der Waals surface area contributed by atoms with Crippen LogP contribution in [0.25, 0.3) is 0 Å². The van der Waals surface area contributed by atoms with Crippen LogP contribution in [0.3, 0.4) is 0 Å². The Labute approximate surface area is 64.1 Å². The highest BCUT2D eigenvalue weighted by Crippen LogP contribution is 2.15. The van der Waals surface area contributed by atoms with Crippen LogP contribution >= 0.6 is 0 Å². The van der Waals surface area contributed by atoms with Crippen molar-refractivity contribution in [3.8, 4) is 0 Å². The summed E-state index contributed by atoms with van der Waals surface area (Å²) in [5.41, 5.74) is 0.100. The second-order valence-electron chi connectivity index (χ2n) is 3.77. The molecule has 0 atom stereocenters. The number of rotatable bonds is 2. The van der Waals surface area contributed by atoms with Crippen LogP contribution in [0, 0.1) is 0 Å². The van der Waals surface area contributed by atoms with Gasteiger partial charge in [0.15, 0.2) is 0 Å². The Morgan fingerprint density at radius 2 is 1.60 bits per heavy atom. The van der Waals surface area contributed by atoms with Gasteiger partial charge in [0.1, 0.15) is 0 Å². The fourth-order valence-electron chi connectivity index (χ4n) is 1.26. The second kappa shape index (κ2) is 3.35. The maximum absolute atomic E-state index is 5.21. The van der Waals surface area contributed by atoms with Crippen molar-refractivity contribution in [2.45, 2.75) is 46.2 Å². The Hall–Kier alpha value is -0.0800. The summed E-state index contributed by atoms with van der Waals surface area (Å²) in [6, 6.07) is 0.435. The first-order valence-corrected chi connectivity index (χ1v) is 3.73. The first-order valence-electron chi connectivity index (χ1n) is 3.73. The lowest BCUT2D eigenvalue weighted by Crippen LogP contribution is -2.44. The smallest absolute Gasteiger partial charge is 0.0575 e. The molecule has 0 aromatic rings. The molecule has 0 rings (SSSR count). The van der Waals surface area contributed by atoms with Gasteiger partial charge in [-0.2, -0.15) is 5.06 Å². The normalized spacial score (nSPS) is 13.2. The predicted molar refractivity (Wildman–Crippen MR) is 43.7 cm³/mol. The SMILES string of the molecule is CON(C(C)C)C(C)(C)C. The van der Waals surface area contributed by atoms with Crippen LogP contribution in [-0.4, -0.2) is 23.8 Å². The maximum Gasteiger partial charge on any atom is 0.0575 e. The predicted octanol–water partition coefficient (Wildman–Crippen LogP) is 2.06. The molecule has 2 heteroatoms. The molecule has 0 unspecified atom stereocenters. The Bertz CT molecular complexity index is 93.9. The molecule has 2 nitrogen and oxygen atoms in total. The van der Waals surface area contributed by atoms with Gasteiger partial charge in [0.05, 0.1) is 7.11 Å². The van der Waals surface area contributed by atoms with Crippen molar-refractivity contribution in [2.24, 2.45) is 0 Å². The van der Waals surface area contributed by atoms with Crippen molar-refractivity contribution in [2.75, 3.05) is 7.11 Å². The Morgan fingerprint density at radius 3 is 1.60 bits per heavy atom. The monoisotopic (exact) mass is 145 g/mol. The van der Waals surface area contributed by atoms with Crippen molar-refractivity contribution in [3.63, 3.8) is 0 Å². The van der Waals surface area contributed by atoms with E-state index in [0.717, 1.165) is 0 Å². The minimum Gasteiger partial charge on any atom is -0.302 e. The first-order chi connectivity index (χ1) is 4.39. The number of hydrogen-bond acceptors (Lipinski definition) is 2. The lowest BCUT2D eigenvalue weighted by Gasteiger charge is -2.36. The van der Waals surface area contributed by atoms with Crippen LogP contribution in [-0.2, 0) is 4.84 Å². The second-order valence-corrected chi connectivity index (χ2v) is 3.77. The number of nitrogens with zero attached hydrogens (tertiary/aromatic N) is 1. The number of hydroxylamine groups is 2. The topological polar surface area (TPSA) is 12.5 Å². The molecule has 0 radical (unpaired) electrons. The van der Waals surface area contributed by atoms with Crippen molar-refractivity contribution >= 4 is 0 Å². The lowest BCUT2D eigenvalue weighted by atomic mass is 10.1. The molecule has 0 saturated heterocycles. The quantitative estimate of drug-likeness (QED) is 0.551. The van der Waals surface area contributed by atoms with E-state index in [2.05, 4.69) is 34.6 Å². The highest BCUT2D eigenvalue weighted by atomic mass is 16.7. The van der Waals surface area contributed by atoms with Crippen molar-refractivity contribution in [1.82, 2.24) is 5.06 Å². The summed E-state index contributed by atoms with van der Waals surface area (Å²) in [7, 11) is 1.71. The van der Waals surface area contributed by atoms with E-state index in [9.17, 15) is 0 Å². The summed E-state index contributed by atoms with van der Waals surface area (Å²) in [5.74, 6) is 0. The molecular formula is C8H19NO. The third-order valence-corrected chi connectivity index (χ3v) is 1.33. The minimum atomic E-state index is 0.100. The lowest BCUT2D eigenvalue weighted by molar-refractivity contribution is -0.207. The van der Waals surface area contributed by atoms with E-state index in [-0.39, 0.29) is 5.54 Å². The molecule has 0 fully saturated rings. The Balaban J connectivity index is 4.07. The molecule has 0 amide bonds. The summed E-state index contributed by atoms with van der Waals surface area (Å²) < 4.78 is 0. The van der Waals surface area contributed by atoms with E-state index in [4.69, 9.17) is 4.84 Å². The minimum absolute atomic E-state index is 0.100. The Morgan fingerprint density at radius 1 is 1.20 bits per heavy atom. The molecule has 0 aromatic carbocycles. The average Bonchev–Trinajstić information content (AvgIpc) is 1.60. The average molecular weight is 145 g/mol. The van der Waals surface area contributed by atoms with Crippen LogP contribution < -0.4 is 0 Å². The Kier molecular flexibility index (Phi) is 3.33. The maximum atomic E-state index is 5.21. The fourth-order valence-corrected chi connectivity index (χ4v) is 1.26. The van der Waals surface area contributed by atoms with E-state index >= 15 is 0 Å². The molecule has 0 spiro atoms. The molecule has 0 N–H and O–H groups in total.